The Labute approximate surface area is 156 Å². The molecular formula is C17H33N3O4S. The summed E-state index contributed by atoms with van der Waals surface area (Å²) in [6.07, 6.45) is 9.06. The number of allylic oxidation sites excluding steroid dienone is 2. The summed E-state index contributed by atoms with van der Waals surface area (Å²) in [5.74, 6) is -1.69. The highest BCUT2D eigenvalue weighted by molar-refractivity contribution is 7.80. The Morgan fingerprint density at radius 1 is 1.24 bits per heavy atom. The van der Waals surface area contributed by atoms with Crippen LogP contribution in [-0.2, 0) is 9.59 Å². The summed E-state index contributed by atoms with van der Waals surface area (Å²) in [4.78, 5) is 22.8. The predicted octanol–water partition coefficient (Wildman–Crippen LogP) is 0.560. The Bertz CT molecular complexity index is 417. The van der Waals surface area contributed by atoms with Crippen molar-refractivity contribution in [3.63, 3.8) is 0 Å². The van der Waals surface area contributed by atoms with Gasteiger partial charge < -0.3 is 26.6 Å². The number of carbonyl (C=O) groups is 2. The molecule has 0 aromatic carbocycles. The number of hydrogen-bond donors (Lipinski definition) is 6. The molecule has 0 aliphatic heterocycles. The summed E-state index contributed by atoms with van der Waals surface area (Å²) < 4.78 is 0. The molecule has 0 saturated heterocycles. The molecule has 3 atom stereocenters. The third-order valence-electron chi connectivity index (χ3n) is 2.79. The lowest BCUT2D eigenvalue weighted by Gasteiger charge is -2.16. The number of hydrogen-bond acceptors (Lipinski definition) is 6. The lowest BCUT2D eigenvalue weighted by molar-refractivity contribution is -0.143. The molecule has 0 aromatic heterocycles. The number of aliphatic carboxylic acids is 1. The minimum atomic E-state index is -1.30. The van der Waals surface area contributed by atoms with Crippen LogP contribution in [0.4, 0.5) is 0 Å². The lowest BCUT2D eigenvalue weighted by atomic mass is 10.1. The van der Waals surface area contributed by atoms with Gasteiger partial charge >= 0.3 is 5.97 Å². The molecule has 0 fully saturated rings. The van der Waals surface area contributed by atoms with Crippen LogP contribution in [0, 0.1) is 5.92 Å². The monoisotopic (exact) mass is 375 g/mol. The van der Waals surface area contributed by atoms with E-state index in [0.717, 1.165) is 0 Å². The van der Waals surface area contributed by atoms with Crippen LogP contribution in [0.5, 0.6) is 0 Å². The highest BCUT2D eigenvalue weighted by Crippen LogP contribution is 2.01. The van der Waals surface area contributed by atoms with Crippen LogP contribution in [-0.4, -0.2) is 60.1 Å². The van der Waals surface area contributed by atoms with E-state index in [2.05, 4.69) is 37.1 Å². The average molecular weight is 376 g/mol. The number of aliphatic hydroxyl groups is 1. The standard InChI is InChI=1S/C14H25N3O4S.C3H8/c1-16-7-10(5-3-2-4-6-11(15)9-22)13(19)17-12(8-18)14(20)21;1-3-2/h3-6,10-12,16,18,22H,2,7-9,15H2,1H3,(H,17,19)(H,20,21);3H2,1-2H3/b5-3-,6-4+;. The summed E-state index contributed by atoms with van der Waals surface area (Å²) in [6, 6.07) is -1.40. The van der Waals surface area contributed by atoms with E-state index < -0.39 is 30.4 Å². The summed E-state index contributed by atoms with van der Waals surface area (Å²) in [5, 5.41) is 22.9. The third kappa shape index (κ3) is 14.7. The summed E-state index contributed by atoms with van der Waals surface area (Å²) in [7, 11) is 1.69. The molecule has 146 valence electrons. The van der Waals surface area contributed by atoms with Gasteiger partial charge in [0.05, 0.1) is 12.5 Å². The highest BCUT2D eigenvalue weighted by Gasteiger charge is 2.22. The van der Waals surface area contributed by atoms with Crippen LogP contribution in [0.1, 0.15) is 26.7 Å². The van der Waals surface area contributed by atoms with Gasteiger partial charge in [-0.1, -0.05) is 44.6 Å². The molecule has 1 amide bonds. The minimum Gasteiger partial charge on any atom is -0.480 e. The van der Waals surface area contributed by atoms with Gasteiger partial charge in [0.1, 0.15) is 6.04 Å². The van der Waals surface area contributed by atoms with Crippen LogP contribution in [0.2, 0.25) is 0 Å². The van der Waals surface area contributed by atoms with Gasteiger partial charge in [0, 0.05) is 18.3 Å². The van der Waals surface area contributed by atoms with Crippen LogP contribution in [0.15, 0.2) is 24.3 Å². The number of rotatable bonds is 11. The maximum absolute atomic E-state index is 12.0. The molecule has 0 heterocycles. The molecule has 8 heteroatoms. The van der Waals surface area contributed by atoms with Crippen molar-refractivity contribution < 1.29 is 19.8 Å². The Kier molecular flexibility index (Phi) is 18.1. The SMILES string of the molecule is CCC.CNCC(/C=C\C/C=C/C(N)CS)C(=O)NC(CO)C(=O)O. The predicted molar refractivity (Wildman–Crippen MR) is 105 cm³/mol. The molecule has 0 aromatic rings. The van der Waals surface area contributed by atoms with Gasteiger partial charge in [-0.05, 0) is 13.5 Å². The van der Waals surface area contributed by atoms with Crippen molar-refractivity contribution in [2.45, 2.75) is 38.8 Å². The minimum absolute atomic E-state index is 0.103. The highest BCUT2D eigenvalue weighted by atomic mass is 32.1. The molecular weight excluding hydrogens is 342 g/mol. The first-order chi connectivity index (χ1) is 11.9. The summed E-state index contributed by atoms with van der Waals surface area (Å²) in [6.45, 7) is 3.96. The fourth-order valence-electron chi connectivity index (χ4n) is 1.57. The number of aliphatic hydroxyl groups excluding tert-OH is 1. The van der Waals surface area contributed by atoms with Crippen molar-refractivity contribution in [1.29, 1.82) is 0 Å². The van der Waals surface area contributed by atoms with Gasteiger partial charge in [0.2, 0.25) is 5.91 Å². The van der Waals surface area contributed by atoms with Gasteiger partial charge in [-0.15, -0.1) is 0 Å². The first-order valence-corrected chi connectivity index (χ1v) is 8.99. The number of nitrogens with one attached hydrogen (secondary N) is 2. The number of carboxylic acids is 1. The second-order valence-electron chi connectivity index (χ2n) is 5.39. The second-order valence-corrected chi connectivity index (χ2v) is 5.76. The molecule has 7 nitrogen and oxygen atoms in total. The Balaban J connectivity index is 0. The van der Waals surface area contributed by atoms with E-state index in [1.54, 1.807) is 19.2 Å². The molecule has 0 aliphatic rings. The topological polar surface area (TPSA) is 125 Å². The zero-order valence-electron chi connectivity index (χ0n) is 15.3. The zero-order valence-corrected chi connectivity index (χ0v) is 16.2. The van der Waals surface area contributed by atoms with Crippen molar-refractivity contribution >= 4 is 24.5 Å². The largest absolute Gasteiger partial charge is 0.480 e. The normalized spacial score (nSPS) is 14.6. The van der Waals surface area contributed by atoms with E-state index in [-0.39, 0.29) is 6.04 Å². The molecule has 0 bridgehead atoms. The number of amides is 1. The molecule has 0 saturated carbocycles. The van der Waals surface area contributed by atoms with Gasteiger partial charge in [-0.25, -0.2) is 4.79 Å². The van der Waals surface area contributed by atoms with Gasteiger partial charge in [-0.2, -0.15) is 12.6 Å². The first kappa shape index (κ1) is 25.9. The molecule has 3 unspecified atom stereocenters. The van der Waals surface area contributed by atoms with Crippen LogP contribution >= 0.6 is 12.6 Å². The van der Waals surface area contributed by atoms with Gasteiger partial charge in [0.15, 0.2) is 0 Å². The number of nitrogens with two attached hydrogens (primary N) is 1. The van der Waals surface area contributed by atoms with Crippen molar-refractivity contribution in [3.05, 3.63) is 24.3 Å². The van der Waals surface area contributed by atoms with Crippen molar-refractivity contribution in [1.82, 2.24) is 10.6 Å². The van der Waals surface area contributed by atoms with E-state index in [0.29, 0.717) is 18.7 Å². The van der Waals surface area contributed by atoms with Crippen LogP contribution in [0.25, 0.3) is 0 Å². The van der Waals surface area contributed by atoms with Crippen LogP contribution < -0.4 is 16.4 Å². The fraction of sp³-hybridized carbons (Fsp3) is 0.647. The maximum atomic E-state index is 12.0. The summed E-state index contributed by atoms with van der Waals surface area (Å²) in [5.41, 5.74) is 5.67. The number of carboxylic acid groups (broad SMARTS) is 1. The fourth-order valence-corrected chi connectivity index (χ4v) is 1.69. The lowest BCUT2D eigenvalue weighted by Crippen LogP contribution is -2.47. The Hall–Kier alpha value is -1.35. The van der Waals surface area contributed by atoms with Gasteiger partial charge in [0.25, 0.3) is 0 Å². The third-order valence-corrected chi connectivity index (χ3v) is 3.21. The molecule has 0 rings (SSSR count). The zero-order chi connectivity index (χ0) is 19.7. The quantitative estimate of drug-likeness (QED) is 0.232. The molecule has 0 aliphatic carbocycles. The van der Waals surface area contributed by atoms with Gasteiger partial charge in [-0.3, -0.25) is 4.79 Å². The maximum Gasteiger partial charge on any atom is 0.328 e. The van der Waals surface area contributed by atoms with Crippen molar-refractivity contribution in [3.8, 4) is 0 Å². The van der Waals surface area contributed by atoms with E-state index in [4.69, 9.17) is 15.9 Å². The number of carbonyl (C=O) groups excluding carboxylic acids is 1. The summed E-state index contributed by atoms with van der Waals surface area (Å²) >= 11 is 4.06. The van der Waals surface area contributed by atoms with E-state index in [9.17, 15) is 9.59 Å². The second kappa shape index (κ2) is 17.5. The Morgan fingerprint density at radius 2 is 1.80 bits per heavy atom. The average Bonchev–Trinajstić information content (AvgIpc) is 2.58. The molecule has 0 spiro atoms. The first-order valence-electron chi connectivity index (χ1n) is 8.36. The molecule has 6 N–H and O–H groups in total. The van der Waals surface area contributed by atoms with Crippen molar-refractivity contribution in [2.75, 3.05) is 26.0 Å². The molecule has 0 radical (unpaired) electrons. The smallest absolute Gasteiger partial charge is 0.328 e. The van der Waals surface area contributed by atoms with E-state index in [1.165, 1.54) is 6.42 Å². The molecule has 25 heavy (non-hydrogen) atoms. The Morgan fingerprint density at radius 3 is 2.24 bits per heavy atom. The van der Waals surface area contributed by atoms with E-state index >= 15 is 0 Å². The number of thiol groups is 1. The van der Waals surface area contributed by atoms with Crippen LogP contribution in [0.3, 0.4) is 0 Å². The van der Waals surface area contributed by atoms with Crippen molar-refractivity contribution in [2.24, 2.45) is 11.7 Å². The van der Waals surface area contributed by atoms with E-state index in [1.807, 2.05) is 12.2 Å².